The number of nitrogens with one attached hydrogen (secondary N) is 1. The van der Waals surface area contributed by atoms with E-state index in [4.69, 9.17) is 9.47 Å². The molecule has 1 aromatic carbocycles. The molecule has 1 saturated heterocycles. The summed E-state index contributed by atoms with van der Waals surface area (Å²) in [5.41, 5.74) is 2.27. The Bertz CT molecular complexity index is 700. The summed E-state index contributed by atoms with van der Waals surface area (Å²) >= 11 is 0. The van der Waals surface area contributed by atoms with E-state index in [1.165, 1.54) is 5.56 Å². The molecular formula is C21H27N3O3. The van der Waals surface area contributed by atoms with E-state index in [9.17, 15) is 4.79 Å². The Hall–Kier alpha value is -2.44. The molecule has 1 aliphatic heterocycles. The fourth-order valence-electron chi connectivity index (χ4n) is 3.15. The summed E-state index contributed by atoms with van der Waals surface area (Å²) in [5.74, 6) is 0.982. The zero-order chi connectivity index (χ0) is 18.9. The third-order valence-electron chi connectivity index (χ3n) is 4.72. The summed E-state index contributed by atoms with van der Waals surface area (Å²) in [4.78, 5) is 18.9. The topological polar surface area (TPSA) is 63.7 Å². The average Bonchev–Trinajstić information content (AvgIpc) is 2.73. The lowest BCUT2D eigenvalue weighted by Crippen LogP contribution is -2.45. The minimum absolute atomic E-state index is 0.0900. The molecular weight excluding hydrogens is 342 g/mol. The third-order valence-corrected chi connectivity index (χ3v) is 4.72. The summed E-state index contributed by atoms with van der Waals surface area (Å²) in [6, 6.07) is 12.0. The van der Waals surface area contributed by atoms with Gasteiger partial charge in [-0.2, -0.15) is 0 Å². The van der Waals surface area contributed by atoms with Gasteiger partial charge in [0, 0.05) is 44.5 Å². The van der Waals surface area contributed by atoms with Crippen molar-refractivity contribution in [1.29, 1.82) is 0 Å². The van der Waals surface area contributed by atoms with Gasteiger partial charge in [0.1, 0.15) is 5.75 Å². The Morgan fingerprint density at radius 1 is 1.22 bits per heavy atom. The number of nitrogens with zero attached hydrogens (tertiary/aromatic N) is 2. The van der Waals surface area contributed by atoms with Crippen LogP contribution in [0.5, 0.6) is 5.75 Å². The largest absolute Gasteiger partial charge is 0.497 e. The van der Waals surface area contributed by atoms with Crippen molar-refractivity contribution in [3.8, 4) is 5.75 Å². The molecule has 1 aromatic heterocycles. The van der Waals surface area contributed by atoms with Gasteiger partial charge in [-0.05, 0) is 41.8 Å². The Labute approximate surface area is 160 Å². The van der Waals surface area contributed by atoms with E-state index in [0.29, 0.717) is 32.7 Å². The number of morpholine rings is 1. The molecule has 1 N–H and O–H groups in total. The van der Waals surface area contributed by atoms with Gasteiger partial charge in [0.15, 0.2) is 0 Å². The first kappa shape index (κ1) is 19.3. The van der Waals surface area contributed by atoms with Crippen LogP contribution in [0.15, 0.2) is 48.8 Å². The second-order valence-corrected chi connectivity index (χ2v) is 6.70. The van der Waals surface area contributed by atoms with Crippen molar-refractivity contribution in [3.63, 3.8) is 0 Å². The molecule has 27 heavy (non-hydrogen) atoms. The van der Waals surface area contributed by atoms with Crippen molar-refractivity contribution in [2.24, 2.45) is 0 Å². The van der Waals surface area contributed by atoms with Crippen molar-refractivity contribution < 1.29 is 14.3 Å². The normalized spacial score (nSPS) is 16.7. The summed E-state index contributed by atoms with van der Waals surface area (Å²) in [6.45, 7) is 3.36. The van der Waals surface area contributed by atoms with Crippen molar-refractivity contribution >= 4 is 5.91 Å². The smallest absolute Gasteiger partial charge is 0.224 e. The van der Waals surface area contributed by atoms with Gasteiger partial charge < -0.3 is 19.7 Å². The highest BCUT2D eigenvalue weighted by Crippen LogP contribution is 2.14. The maximum absolute atomic E-state index is 12.9. The standard InChI is InChI=1S/C21H27N3O3/c1-26-20-4-2-17(3-5-20)8-12-24(15-18-6-9-22-10-7-18)21(25)14-19-16-27-13-11-23-19/h2-7,9-10,19,23H,8,11-16H2,1H3. The van der Waals surface area contributed by atoms with Crippen molar-refractivity contribution in [1.82, 2.24) is 15.2 Å². The molecule has 1 fully saturated rings. The van der Waals surface area contributed by atoms with Crippen LogP contribution in [0.25, 0.3) is 0 Å². The zero-order valence-electron chi connectivity index (χ0n) is 15.8. The summed E-state index contributed by atoms with van der Waals surface area (Å²) < 4.78 is 10.7. The minimum Gasteiger partial charge on any atom is -0.497 e. The SMILES string of the molecule is COc1ccc(CCN(Cc2ccncc2)C(=O)CC2COCCN2)cc1. The van der Waals surface area contributed by atoms with Crippen LogP contribution >= 0.6 is 0 Å². The van der Waals surface area contributed by atoms with Gasteiger partial charge >= 0.3 is 0 Å². The number of amides is 1. The number of methoxy groups -OCH3 is 1. The van der Waals surface area contributed by atoms with E-state index < -0.39 is 0 Å². The van der Waals surface area contributed by atoms with E-state index in [2.05, 4.69) is 10.3 Å². The highest BCUT2D eigenvalue weighted by molar-refractivity contribution is 5.77. The second-order valence-electron chi connectivity index (χ2n) is 6.70. The molecule has 1 atom stereocenters. The van der Waals surface area contributed by atoms with Crippen LogP contribution in [0.4, 0.5) is 0 Å². The Morgan fingerprint density at radius 3 is 2.67 bits per heavy atom. The number of ether oxygens (including phenoxy) is 2. The number of hydrogen-bond acceptors (Lipinski definition) is 5. The Balaban J connectivity index is 1.63. The van der Waals surface area contributed by atoms with Gasteiger partial charge in [-0.25, -0.2) is 0 Å². The number of carbonyl (C=O) groups is 1. The number of pyridine rings is 1. The maximum atomic E-state index is 12.9. The number of rotatable bonds is 8. The third kappa shape index (κ3) is 6.05. The van der Waals surface area contributed by atoms with Crippen LogP contribution in [0.1, 0.15) is 17.5 Å². The molecule has 3 rings (SSSR count). The number of aromatic nitrogens is 1. The van der Waals surface area contributed by atoms with E-state index in [1.807, 2.05) is 41.3 Å². The van der Waals surface area contributed by atoms with Crippen LogP contribution in [-0.4, -0.2) is 55.2 Å². The molecule has 6 nitrogen and oxygen atoms in total. The molecule has 0 aliphatic carbocycles. The first-order valence-electron chi connectivity index (χ1n) is 9.35. The highest BCUT2D eigenvalue weighted by Gasteiger charge is 2.21. The van der Waals surface area contributed by atoms with Crippen LogP contribution in [-0.2, 0) is 22.5 Å². The first-order valence-corrected chi connectivity index (χ1v) is 9.35. The monoisotopic (exact) mass is 369 g/mol. The molecule has 2 heterocycles. The predicted molar refractivity (Wildman–Crippen MR) is 104 cm³/mol. The Kier molecular flexibility index (Phi) is 7.19. The van der Waals surface area contributed by atoms with Gasteiger partial charge in [-0.15, -0.1) is 0 Å². The molecule has 0 spiro atoms. The summed E-state index contributed by atoms with van der Waals surface area (Å²) in [7, 11) is 1.66. The Morgan fingerprint density at radius 2 is 2.00 bits per heavy atom. The molecule has 1 amide bonds. The predicted octanol–water partition coefficient (Wildman–Crippen LogP) is 2.04. The number of benzene rings is 1. The zero-order valence-corrected chi connectivity index (χ0v) is 15.8. The summed E-state index contributed by atoms with van der Waals surface area (Å²) in [6.07, 6.45) is 4.78. The maximum Gasteiger partial charge on any atom is 0.224 e. The van der Waals surface area contributed by atoms with Crippen molar-refractivity contribution in [2.75, 3.05) is 33.4 Å². The van der Waals surface area contributed by atoms with E-state index in [-0.39, 0.29) is 11.9 Å². The molecule has 1 aliphatic rings. The first-order chi connectivity index (χ1) is 13.2. The molecule has 0 bridgehead atoms. The molecule has 0 saturated carbocycles. The quantitative estimate of drug-likeness (QED) is 0.772. The van der Waals surface area contributed by atoms with Gasteiger partial charge in [-0.3, -0.25) is 9.78 Å². The van der Waals surface area contributed by atoms with Crippen LogP contribution in [0, 0.1) is 0 Å². The van der Waals surface area contributed by atoms with E-state index >= 15 is 0 Å². The molecule has 0 radical (unpaired) electrons. The van der Waals surface area contributed by atoms with E-state index in [1.54, 1.807) is 19.5 Å². The fraction of sp³-hybridized carbons (Fsp3) is 0.429. The van der Waals surface area contributed by atoms with Gasteiger partial charge in [0.25, 0.3) is 0 Å². The van der Waals surface area contributed by atoms with Crippen LogP contribution in [0.2, 0.25) is 0 Å². The van der Waals surface area contributed by atoms with Gasteiger partial charge in [0.05, 0.1) is 20.3 Å². The van der Waals surface area contributed by atoms with Gasteiger partial charge in [-0.1, -0.05) is 12.1 Å². The summed E-state index contributed by atoms with van der Waals surface area (Å²) in [5, 5.41) is 3.36. The fourth-order valence-corrected chi connectivity index (χ4v) is 3.15. The second kappa shape index (κ2) is 10.0. The lowest BCUT2D eigenvalue weighted by molar-refractivity contribution is -0.133. The minimum atomic E-state index is 0.0900. The van der Waals surface area contributed by atoms with E-state index in [0.717, 1.165) is 24.3 Å². The lowest BCUT2D eigenvalue weighted by Gasteiger charge is -2.28. The van der Waals surface area contributed by atoms with Crippen molar-refractivity contribution in [3.05, 3.63) is 59.9 Å². The average molecular weight is 369 g/mol. The van der Waals surface area contributed by atoms with Crippen LogP contribution < -0.4 is 10.1 Å². The molecule has 6 heteroatoms. The number of carbonyl (C=O) groups excluding carboxylic acids is 1. The highest BCUT2D eigenvalue weighted by atomic mass is 16.5. The van der Waals surface area contributed by atoms with Crippen molar-refractivity contribution in [2.45, 2.75) is 25.4 Å². The van der Waals surface area contributed by atoms with Gasteiger partial charge in [0.2, 0.25) is 5.91 Å². The molecule has 144 valence electrons. The molecule has 1 unspecified atom stereocenters. The van der Waals surface area contributed by atoms with Crippen LogP contribution in [0.3, 0.4) is 0 Å². The molecule has 2 aromatic rings. The lowest BCUT2D eigenvalue weighted by atomic mass is 10.1. The number of hydrogen-bond donors (Lipinski definition) is 1.